The summed E-state index contributed by atoms with van der Waals surface area (Å²) in [5.74, 6) is 0.919. The van der Waals surface area contributed by atoms with E-state index in [1.165, 1.54) is 5.56 Å². The summed E-state index contributed by atoms with van der Waals surface area (Å²) < 4.78 is 5.13. The van der Waals surface area contributed by atoms with Crippen LogP contribution in [0.5, 0.6) is 5.75 Å². The van der Waals surface area contributed by atoms with Gasteiger partial charge in [-0.15, -0.1) is 11.8 Å². The van der Waals surface area contributed by atoms with Crippen molar-refractivity contribution in [1.82, 2.24) is 5.32 Å². The first-order valence-corrected chi connectivity index (χ1v) is 8.19. The first kappa shape index (κ1) is 16.4. The molecule has 0 aliphatic carbocycles. The molecule has 1 amide bonds. The quantitative estimate of drug-likeness (QED) is 0.794. The van der Waals surface area contributed by atoms with Gasteiger partial charge >= 0.3 is 0 Å². The predicted octanol–water partition coefficient (Wildman–Crippen LogP) is 3.53. The molecule has 2 aromatic rings. The lowest BCUT2D eigenvalue weighted by Crippen LogP contribution is -2.32. The Labute approximate surface area is 136 Å². The molecule has 0 radical (unpaired) electrons. The third kappa shape index (κ3) is 5.11. The fourth-order valence-corrected chi connectivity index (χ4v) is 2.94. The summed E-state index contributed by atoms with van der Waals surface area (Å²) in [6.07, 6.45) is 0.818. The van der Waals surface area contributed by atoms with E-state index >= 15 is 0 Å². The molecule has 0 unspecified atom stereocenters. The highest BCUT2D eigenvalue weighted by molar-refractivity contribution is 8.00. The zero-order valence-corrected chi connectivity index (χ0v) is 13.7. The number of ether oxygens (including phenoxy) is 1. The second-order valence-electron chi connectivity index (χ2n) is 4.96. The van der Waals surface area contributed by atoms with Gasteiger partial charge in [0, 0.05) is 11.4 Å². The van der Waals surface area contributed by atoms with E-state index in [2.05, 4.69) is 5.32 Å². The molecule has 0 bridgehead atoms. The number of carbonyl (C=O) groups is 1. The minimum Gasteiger partial charge on any atom is -0.497 e. The summed E-state index contributed by atoms with van der Waals surface area (Å²) in [7, 11) is 1.65. The zero-order valence-electron chi connectivity index (χ0n) is 12.9. The molecule has 0 aromatic heterocycles. The number of rotatable bonds is 7. The van der Waals surface area contributed by atoms with Crippen LogP contribution in [0.25, 0.3) is 0 Å². The minimum atomic E-state index is -0.0988. The summed E-state index contributed by atoms with van der Waals surface area (Å²) >= 11 is 1.57. The fourth-order valence-electron chi connectivity index (χ4n) is 2.02. The van der Waals surface area contributed by atoms with E-state index in [4.69, 9.17) is 4.74 Å². The van der Waals surface area contributed by atoms with Crippen LogP contribution in [0.3, 0.4) is 0 Å². The molecular weight excluding hydrogens is 294 g/mol. The molecule has 116 valence electrons. The second kappa shape index (κ2) is 8.49. The lowest BCUT2D eigenvalue weighted by atomic mass is 10.1. The number of amides is 1. The molecule has 1 N–H and O–H groups in total. The molecule has 1 atom stereocenters. The molecule has 0 heterocycles. The number of thioether (sulfide) groups is 1. The maximum absolute atomic E-state index is 12.1. The Balaban J connectivity index is 1.74. The van der Waals surface area contributed by atoms with Gasteiger partial charge in [0.05, 0.1) is 12.4 Å². The highest BCUT2D eigenvalue weighted by Crippen LogP contribution is 2.22. The molecule has 0 saturated heterocycles. The SMILES string of the molecule is COc1ccc(CCNC(=O)[C@H](C)Sc2ccccc2)cc1. The van der Waals surface area contributed by atoms with Crippen LogP contribution in [-0.2, 0) is 11.2 Å². The van der Waals surface area contributed by atoms with E-state index in [-0.39, 0.29) is 11.2 Å². The lowest BCUT2D eigenvalue weighted by Gasteiger charge is -2.12. The number of hydrogen-bond acceptors (Lipinski definition) is 3. The summed E-state index contributed by atoms with van der Waals surface area (Å²) in [5, 5.41) is 2.89. The topological polar surface area (TPSA) is 38.3 Å². The Bertz CT molecular complexity index is 584. The van der Waals surface area contributed by atoms with Crippen molar-refractivity contribution in [2.75, 3.05) is 13.7 Å². The van der Waals surface area contributed by atoms with Gasteiger partial charge in [-0.05, 0) is 43.2 Å². The van der Waals surface area contributed by atoms with Gasteiger partial charge in [0.1, 0.15) is 5.75 Å². The van der Waals surface area contributed by atoms with Crippen LogP contribution in [-0.4, -0.2) is 24.8 Å². The number of benzene rings is 2. The maximum atomic E-state index is 12.1. The van der Waals surface area contributed by atoms with Gasteiger partial charge in [0.25, 0.3) is 0 Å². The van der Waals surface area contributed by atoms with Crippen molar-refractivity contribution in [1.29, 1.82) is 0 Å². The fraction of sp³-hybridized carbons (Fsp3) is 0.278. The average molecular weight is 315 g/mol. The van der Waals surface area contributed by atoms with Crippen molar-refractivity contribution >= 4 is 17.7 Å². The van der Waals surface area contributed by atoms with Crippen LogP contribution in [0.2, 0.25) is 0 Å². The van der Waals surface area contributed by atoms with Crippen LogP contribution < -0.4 is 10.1 Å². The van der Waals surface area contributed by atoms with E-state index < -0.39 is 0 Å². The Kier molecular flexibility index (Phi) is 6.34. The predicted molar refractivity (Wildman–Crippen MR) is 91.5 cm³/mol. The third-order valence-electron chi connectivity index (χ3n) is 3.30. The van der Waals surface area contributed by atoms with Gasteiger partial charge in [0.15, 0.2) is 0 Å². The van der Waals surface area contributed by atoms with Crippen molar-refractivity contribution in [3.8, 4) is 5.75 Å². The van der Waals surface area contributed by atoms with E-state index in [1.807, 2.05) is 61.5 Å². The van der Waals surface area contributed by atoms with E-state index in [0.29, 0.717) is 6.54 Å². The normalized spacial score (nSPS) is 11.7. The number of hydrogen-bond donors (Lipinski definition) is 1. The monoisotopic (exact) mass is 315 g/mol. The minimum absolute atomic E-state index is 0.0716. The molecule has 3 nitrogen and oxygen atoms in total. The first-order chi connectivity index (χ1) is 10.7. The molecule has 0 fully saturated rings. The van der Waals surface area contributed by atoms with Crippen molar-refractivity contribution < 1.29 is 9.53 Å². The van der Waals surface area contributed by atoms with Crippen molar-refractivity contribution in [3.63, 3.8) is 0 Å². The van der Waals surface area contributed by atoms with E-state index in [0.717, 1.165) is 17.1 Å². The molecule has 0 aliphatic rings. The molecule has 4 heteroatoms. The summed E-state index contributed by atoms with van der Waals surface area (Å²) in [5.41, 5.74) is 1.18. The second-order valence-corrected chi connectivity index (χ2v) is 6.38. The van der Waals surface area contributed by atoms with Gasteiger partial charge in [0.2, 0.25) is 5.91 Å². The summed E-state index contributed by atoms with van der Waals surface area (Å²) in [4.78, 5) is 13.2. The van der Waals surface area contributed by atoms with Gasteiger partial charge in [-0.1, -0.05) is 30.3 Å². The Hall–Kier alpha value is -1.94. The first-order valence-electron chi connectivity index (χ1n) is 7.31. The molecule has 0 saturated carbocycles. The van der Waals surface area contributed by atoms with Crippen molar-refractivity contribution in [2.24, 2.45) is 0 Å². The van der Waals surface area contributed by atoms with Crippen LogP contribution in [0.1, 0.15) is 12.5 Å². The highest BCUT2D eigenvalue weighted by Gasteiger charge is 2.13. The standard InChI is InChI=1S/C18H21NO2S/c1-14(22-17-6-4-3-5-7-17)18(20)19-13-12-15-8-10-16(21-2)11-9-15/h3-11,14H,12-13H2,1-2H3,(H,19,20)/t14-/m0/s1. The highest BCUT2D eigenvalue weighted by atomic mass is 32.2. The van der Waals surface area contributed by atoms with Crippen molar-refractivity contribution in [3.05, 3.63) is 60.2 Å². The summed E-state index contributed by atoms with van der Waals surface area (Å²) in [6.45, 7) is 2.57. The van der Waals surface area contributed by atoms with Crippen LogP contribution in [0.4, 0.5) is 0 Å². The van der Waals surface area contributed by atoms with Crippen LogP contribution >= 0.6 is 11.8 Å². The molecule has 2 aromatic carbocycles. The molecule has 2 rings (SSSR count). The smallest absolute Gasteiger partial charge is 0.233 e. The van der Waals surface area contributed by atoms with Gasteiger partial charge < -0.3 is 10.1 Å². The largest absolute Gasteiger partial charge is 0.497 e. The van der Waals surface area contributed by atoms with E-state index in [1.54, 1.807) is 18.9 Å². The molecule has 22 heavy (non-hydrogen) atoms. The molecular formula is C18H21NO2S. The average Bonchev–Trinajstić information content (AvgIpc) is 2.56. The Morgan fingerprint density at radius 3 is 2.45 bits per heavy atom. The maximum Gasteiger partial charge on any atom is 0.233 e. The van der Waals surface area contributed by atoms with Gasteiger partial charge in [-0.3, -0.25) is 4.79 Å². The number of methoxy groups -OCH3 is 1. The number of nitrogens with one attached hydrogen (secondary N) is 1. The van der Waals surface area contributed by atoms with Gasteiger partial charge in [-0.25, -0.2) is 0 Å². The van der Waals surface area contributed by atoms with Crippen LogP contribution in [0, 0.1) is 0 Å². The Morgan fingerprint density at radius 2 is 1.82 bits per heavy atom. The van der Waals surface area contributed by atoms with E-state index in [9.17, 15) is 4.79 Å². The lowest BCUT2D eigenvalue weighted by molar-refractivity contribution is -0.120. The third-order valence-corrected chi connectivity index (χ3v) is 4.41. The molecule has 0 aliphatic heterocycles. The van der Waals surface area contributed by atoms with Crippen molar-refractivity contribution in [2.45, 2.75) is 23.5 Å². The zero-order chi connectivity index (χ0) is 15.8. The Morgan fingerprint density at radius 1 is 1.14 bits per heavy atom. The summed E-state index contributed by atoms with van der Waals surface area (Å²) in [6, 6.07) is 17.9. The number of carbonyl (C=O) groups excluding carboxylic acids is 1. The van der Waals surface area contributed by atoms with Gasteiger partial charge in [-0.2, -0.15) is 0 Å². The molecule has 0 spiro atoms. The van der Waals surface area contributed by atoms with Crippen LogP contribution in [0.15, 0.2) is 59.5 Å².